The zero-order valence-electron chi connectivity index (χ0n) is 17.3. The van der Waals surface area contributed by atoms with E-state index in [2.05, 4.69) is 21.7 Å². The quantitative estimate of drug-likeness (QED) is 0.314. The lowest BCUT2D eigenvalue weighted by atomic mass is 9.94. The Hall–Kier alpha value is -1.98. The Balaban J connectivity index is 2.02. The summed E-state index contributed by atoms with van der Waals surface area (Å²) in [6, 6.07) is 6.53. The van der Waals surface area contributed by atoms with Gasteiger partial charge in [-0.2, -0.15) is 13.2 Å². The number of nitrogens with one attached hydrogen (secondary N) is 2. The van der Waals surface area contributed by atoms with Crippen molar-refractivity contribution in [3.05, 3.63) is 29.8 Å². The molecule has 1 atom stereocenters. The van der Waals surface area contributed by atoms with E-state index >= 15 is 0 Å². The molecule has 0 saturated carbocycles. The van der Waals surface area contributed by atoms with Crippen molar-refractivity contribution < 1.29 is 35.9 Å². The van der Waals surface area contributed by atoms with Crippen molar-refractivity contribution >= 4 is 22.0 Å². The molecule has 7 nitrogen and oxygen atoms in total. The fourth-order valence-electron chi connectivity index (χ4n) is 3.41. The lowest BCUT2D eigenvalue weighted by Gasteiger charge is -2.29. The van der Waals surface area contributed by atoms with E-state index in [0.717, 1.165) is 31.2 Å². The van der Waals surface area contributed by atoms with E-state index in [1.54, 1.807) is 12.1 Å². The van der Waals surface area contributed by atoms with Gasteiger partial charge in [-0.3, -0.25) is 4.79 Å². The molecule has 11 heteroatoms. The average molecular weight is 465 g/mol. The predicted molar refractivity (Wildman–Crippen MR) is 107 cm³/mol. The first-order chi connectivity index (χ1) is 14.5. The molecule has 0 aromatic heterocycles. The van der Waals surface area contributed by atoms with Gasteiger partial charge >= 0.3 is 18.1 Å². The molecule has 1 heterocycles. The number of carbonyl (C=O) groups excluding carboxylic acids is 2. The lowest BCUT2D eigenvalue weighted by Crippen LogP contribution is -2.50. The number of sulfonamides is 1. The second-order valence-corrected chi connectivity index (χ2v) is 9.36. The molecule has 1 aromatic rings. The Bertz CT molecular complexity index is 864. The van der Waals surface area contributed by atoms with Crippen LogP contribution < -0.4 is 10.0 Å². The number of aryl methyl sites for hydroxylation is 1. The molecule has 0 amide bonds. The summed E-state index contributed by atoms with van der Waals surface area (Å²) < 4.78 is 68.8. The van der Waals surface area contributed by atoms with Gasteiger partial charge in [-0.25, -0.2) is 17.9 Å². The maximum Gasteiger partial charge on any atom is 0.491 e. The van der Waals surface area contributed by atoms with Gasteiger partial charge in [0.15, 0.2) is 0 Å². The molecule has 0 aliphatic carbocycles. The number of hydrogen-bond donors (Lipinski definition) is 2. The highest BCUT2D eigenvalue weighted by Gasteiger charge is 2.43. The average Bonchev–Trinajstić information content (AvgIpc) is 3.14. The Morgan fingerprint density at radius 3 is 2.42 bits per heavy atom. The number of rotatable bonds is 10. The molecular formula is C20H27F3N2O5S. The first-order valence-electron chi connectivity index (χ1n) is 10.1. The normalized spacial score (nSPS) is 19.4. The van der Waals surface area contributed by atoms with Crippen molar-refractivity contribution in [2.24, 2.45) is 0 Å². The Morgan fingerprint density at radius 2 is 1.87 bits per heavy atom. The summed E-state index contributed by atoms with van der Waals surface area (Å²) in [4.78, 5) is 22.5. The molecular weight excluding hydrogens is 437 g/mol. The van der Waals surface area contributed by atoms with E-state index < -0.39 is 40.1 Å². The molecule has 2 rings (SSSR count). The molecule has 1 aliphatic heterocycles. The summed E-state index contributed by atoms with van der Waals surface area (Å²) in [5.74, 6) is -3.94. The second-order valence-electron chi connectivity index (χ2n) is 7.67. The molecule has 1 aromatic carbocycles. The Morgan fingerprint density at radius 1 is 1.19 bits per heavy atom. The number of alkyl halides is 3. The van der Waals surface area contributed by atoms with Gasteiger partial charge < -0.3 is 10.1 Å². The first-order valence-corrected chi connectivity index (χ1v) is 11.6. The molecule has 0 bridgehead atoms. The molecule has 31 heavy (non-hydrogen) atoms. The van der Waals surface area contributed by atoms with Crippen molar-refractivity contribution in [2.75, 3.05) is 13.1 Å². The summed E-state index contributed by atoms with van der Waals surface area (Å²) >= 11 is 0. The molecule has 1 aliphatic rings. The van der Waals surface area contributed by atoms with E-state index in [9.17, 15) is 31.2 Å². The third kappa shape index (κ3) is 7.58. The van der Waals surface area contributed by atoms with Crippen LogP contribution in [0.3, 0.4) is 0 Å². The number of esters is 2. The molecule has 2 N–H and O–H groups in total. The molecule has 1 unspecified atom stereocenters. The SMILES string of the molecule is CCCCCc1ccc(S(=O)(=O)NC2(CCC(=O)OC(=O)C(F)(F)F)CCNC2)cc1. The minimum absolute atomic E-state index is 0.0628. The van der Waals surface area contributed by atoms with Gasteiger partial charge in [0.1, 0.15) is 0 Å². The van der Waals surface area contributed by atoms with Crippen LogP contribution in [-0.4, -0.2) is 45.2 Å². The predicted octanol–water partition coefficient (Wildman–Crippen LogP) is 2.84. The van der Waals surface area contributed by atoms with E-state index in [4.69, 9.17) is 0 Å². The zero-order valence-corrected chi connectivity index (χ0v) is 18.1. The van der Waals surface area contributed by atoms with Crippen molar-refractivity contribution in [1.82, 2.24) is 10.0 Å². The number of carbonyl (C=O) groups is 2. The minimum Gasteiger partial charge on any atom is -0.386 e. The molecule has 0 spiro atoms. The highest BCUT2D eigenvalue weighted by molar-refractivity contribution is 7.89. The molecule has 174 valence electrons. The van der Waals surface area contributed by atoms with Gasteiger partial charge in [0.2, 0.25) is 10.0 Å². The molecule has 0 radical (unpaired) electrons. The van der Waals surface area contributed by atoms with E-state index in [-0.39, 0.29) is 17.9 Å². The van der Waals surface area contributed by atoms with E-state index in [0.29, 0.717) is 13.0 Å². The van der Waals surface area contributed by atoms with Crippen molar-refractivity contribution in [3.63, 3.8) is 0 Å². The van der Waals surface area contributed by atoms with Crippen LogP contribution in [0.2, 0.25) is 0 Å². The summed E-state index contributed by atoms with van der Waals surface area (Å²) in [6.45, 7) is 2.76. The van der Waals surface area contributed by atoms with Crippen LogP contribution >= 0.6 is 0 Å². The van der Waals surface area contributed by atoms with Crippen molar-refractivity contribution in [2.45, 2.75) is 68.5 Å². The van der Waals surface area contributed by atoms with Crippen LogP contribution in [0.25, 0.3) is 0 Å². The smallest absolute Gasteiger partial charge is 0.386 e. The number of benzene rings is 1. The zero-order chi connectivity index (χ0) is 23.1. The standard InChI is InChI=1S/C20H27F3N2O5S/c1-2-3-4-5-15-6-8-16(9-7-15)31(28,29)25-19(12-13-24-14-19)11-10-17(26)30-18(27)20(21,22)23/h6-9,24-25H,2-5,10-14H2,1H3. The highest BCUT2D eigenvalue weighted by Crippen LogP contribution is 2.25. The summed E-state index contributed by atoms with van der Waals surface area (Å²) in [5, 5.41) is 2.99. The van der Waals surface area contributed by atoms with Gasteiger partial charge in [0, 0.05) is 18.5 Å². The third-order valence-electron chi connectivity index (χ3n) is 5.14. The van der Waals surface area contributed by atoms with Gasteiger partial charge in [-0.05, 0) is 49.9 Å². The first kappa shape index (κ1) is 25.3. The number of ether oxygens (including phenoxy) is 1. The van der Waals surface area contributed by atoms with Gasteiger partial charge in [-0.15, -0.1) is 0 Å². The van der Waals surface area contributed by atoms with Crippen LogP contribution in [0.5, 0.6) is 0 Å². The Labute approximate surface area is 179 Å². The number of halogens is 3. The fourth-order valence-corrected chi connectivity index (χ4v) is 4.87. The fraction of sp³-hybridized carbons (Fsp3) is 0.600. The number of hydrogen-bond acceptors (Lipinski definition) is 6. The third-order valence-corrected chi connectivity index (χ3v) is 6.74. The van der Waals surface area contributed by atoms with Gasteiger partial charge in [0.05, 0.1) is 4.90 Å². The van der Waals surface area contributed by atoms with Crippen LogP contribution in [0.1, 0.15) is 51.0 Å². The monoisotopic (exact) mass is 464 g/mol. The summed E-state index contributed by atoms with van der Waals surface area (Å²) in [5.41, 5.74) is -0.0411. The second kappa shape index (κ2) is 10.6. The Kier molecular flexibility index (Phi) is 8.61. The lowest BCUT2D eigenvalue weighted by molar-refractivity contribution is -0.201. The van der Waals surface area contributed by atoms with Gasteiger partial charge in [0.25, 0.3) is 0 Å². The van der Waals surface area contributed by atoms with Crippen molar-refractivity contribution in [3.8, 4) is 0 Å². The van der Waals surface area contributed by atoms with Crippen LogP contribution in [0.15, 0.2) is 29.2 Å². The highest BCUT2D eigenvalue weighted by atomic mass is 32.2. The van der Waals surface area contributed by atoms with E-state index in [1.165, 1.54) is 12.1 Å². The van der Waals surface area contributed by atoms with Crippen LogP contribution in [0, 0.1) is 0 Å². The maximum absolute atomic E-state index is 12.9. The molecule has 1 saturated heterocycles. The number of unbranched alkanes of at least 4 members (excludes halogenated alkanes) is 2. The van der Waals surface area contributed by atoms with Gasteiger partial charge in [-0.1, -0.05) is 31.9 Å². The summed E-state index contributed by atoms with van der Waals surface area (Å²) in [6.07, 6.45) is -1.54. The molecule has 1 fully saturated rings. The largest absolute Gasteiger partial charge is 0.491 e. The van der Waals surface area contributed by atoms with E-state index in [1.807, 2.05) is 0 Å². The summed E-state index contributed by atoms with van der Waals surface area (Å²) in [7, 11) is -3.93. The topological polar surface area (TPSA) is 102 Å². The van der Waals surface area contributed by atoms with Crippen LogP contribution in [0.4, 0.5) is 13.2 Å². The van der Waals surface area contributed by atoms with Crippen LogP contribution in [-0.2, 0) is 30.8 Å². The van der Waals surface area contributed by atoms with Crippen molar-refractivity contribution in [1.29, 1.82) is 0 Å². The maximum atomic E-state index is 12.9. The minimum atomic E-state index is -5.27.